The number of carbonyl (C=O) groups excluding carboxylic acids is 1. The number of hydrogen-bond acceptors (Lipinski definition) is 3. The highest BCUT2D eigenvalue weighted by Crippen LogP contribution is 2.22. The molecule has 5 nitrogen and oxygen atoms in total. The van der Waals surface area contributed by atoms with Crippen LogP contribution < -0.4 is 10.9 Å². The van der Waals surface area contributed by atoms with Crippen LogP contribution in [0.25, 0.3) is 11.3 Å². The molecule has 0 fully saturated rings. The molecule has 1 N–H and O–H groups in total. The molecule has 3 aromatic rings. The number of halogens is 2. The Morgan fingerprint density at radius 2 is 1.88 bits per heavy atom. The summed E-state index contributed by atoms with van der Waals surface area (Å²) in [5.41, 5.74) is 2.12. The number of amides is 1. The molecule has 0 aliphatic carbocycles. The van der Waals surface area contributed by atoms with E-state index in [0.717, 1.165) is 10.2 Å². The van der Waals surface area contributed by atoms with E-state index in [-0.39, 0.29) is 12.4 Å². The Balaban J connectivity index is 1.80. The van der Waals surface area contributed by atoms with E-state index in [1.807, 2.05) is 13.0 Å². The van der Waals surface area contributed by atoms with Crippen molar-refractivity contribution in [2.24, 2.45) is 0 Å². The summed E-state index contributed by atoms with van der Waals surface area (Å²) < 4.78 is 14.1. The number of benzene rings is 2. The Morgan fingerprint density at radius 3 is 2.58 bits per heavy atom. The van der Waals surface area contributed by atoms with E-state index in [1.54, 1.807) is 24.3 Å². The van der Waals surface area contributed by atoms with E-state index >= 15 is 0 Å². The van der Waals surface area contributed by atoms with Crippen LogP contribution in [0, 0.1) is 12.7 Å². The van der Waals surface area contributed by atoms with Crippen LogP contribution in [0.1, 0.15) is 5.56 Å². The second-order valence-corrected chi connectivity index (χ2v) is 6.16. The van der Waals surface area contributed by atoms with Gasteiger partial charge in [0, 0.05) is 11.6 Å². The van der Waals surface area contributed by atoms with E-state index < -0.39 is 11.5 Å². The van der Waals surface area contributed by atoms with Crippen molar-refractivity contribution in [1.82, 2.24) is 9.78 Å². The van der Waals surface area contributed by atoms with Gasteiger partial charge in [0.25, 0.3) is 5.56 Å². The van der Waals surface area contributed by atoms with Crippen LogP contribution in [-0.4, -0.2) is 15.7 Å². The van der Waals surface area contributed by atoms with E-state index in [4.69, 9.17) is 11.6 Å². The highest BCUT2D eigenvalue weighted by Gasteiger charge is 2.10. The largest absolute Gasteiger partial charge is 0.323 e. The van der Waals surface area contributed by atoms with Crippen molar-refractivity contribution >= 4 is 23.2 Å². The molecule has 0 unspecified atom stereocenters. The second-order valence-electron chi connectivity index (χ2n) is 5.75. The quantitative estimate of drug-likeness (QED) is 0.761. The summed E-state index contributed by atoms with van der Waals surface area (Å²) in [4.78, 5) is 24.2. The van der Waals surface area contributed by atoms with E-state index in [9.17, 15) is 14.0 Å². The molecule has 132 valence electrons. The lowest BCUT2D eigenvalue weighted by atomic mass is 10.1. The van der Waals surface area contributed by atoms with E-state index in [2.05, 4.69) is 10.4 Å². The van der Waals surface area contributed by atoms with Gasteiger partial charge in [0.1, 0.15) is 12.4 Å². The number of aryl methyl sites for hydroxylation is 1. The van der Waals surface area contributed by atoms with Gasteiger partial charge in [-0.3, -0.25) is 9.59 Å². The number of rotatable bonds is 4. The normalized spacial score (nSPS) is 10.6. The predicted molar refractivity (Wildman–Crippen MR) is 98.7 cm³/mol. The fourth-order valence-electron chi connectivity index (χ4n) is 2.38. The number of nitrogens with zero attached hydrogens (tertiary/aromatic N) is 2. The summed E-state index contributed by atoms with van der Waals surface area (Å²) in [6, 6.07) is 13.8. The van der Waals surface area contributed by atoms with Gasteiger partial charge in [-0.1, -0.05) is 17.7 Å². The van der Waals surface area contributed by atoms with E-state index in [0.29, 0.717) is 22.0 Å². The summed E-state index contributed by atoms with van der Waals surface area (Å²) in [7, 11) is 0. The van der Waals surface area contributed by atoms with Gasteiger partial charge >= 0.3 is 0 Å². The predicted octanol–water partition coefficient (Wildman–Crippen LogP) is 3.65. The first-order valence-electron chi connectivity index (χ1n) is 7.82. The zero-order valence-electron chi connectivity index (χ0n) is 13.9. The van der Waals surface area contributed by atoms with Gasteiger partial charge in [-0.15, -0.1) is 0 Å². The molecule has 7 heteroatoms. The zero-order valence-corrected chi connectivity index (χ0v) is 14.6. The summed E-state index contributed by atoms with van der Waals surface area (Å²) in [6.45, 7) is 1.62. The summed E-state index contributed by atoms with van der Waals surface area (Å²) >= 11 is 6.10. The third-order valence-corrected chi connectivity index (χ3v) is 4.01. The topological polar surface area (TPSA) is 64.0 Å². The molecule has 0 bridgehead atoms. The number of hydrogen-bond donors (Lipinski definition) is 1. The van der Waals surface area contributed by atoms with Crippen molar-refractivity contribution in [2.75, 3.05) is 5.32 Å². The maximum atomic E-state index is 13.0. The Labute approximate surface area is 154 Å². The molecule has 1 aromatic heterocycles. The monoisotopic (exact) mass is 371 g/mol. The molecule has 0 spiro atoms. The minimum Gasteiger partial charge on any atom is -0.323 e. The molecule has 1 heterocycles. The summed E-state index contributed by atoms with van der Waals surface area (Å²) in [5.74, 6) is -0.793. The van der Waals surface area contributed by atoms with Crippen molar-refractivity contribution in [2.45, 2.75) is 13.5 Å². The molecule has 1 amide bonds. The minimum atomic E-state index is -0.429. The van der Waals surface area contributed by atoms with Gasteiger partial charge in [0.2, 0.25) is 5.91 Å². The average molecular weight is 372 g/mol. The lowest BCUT2D eigenvalue weighted by molar-refractivity contribution is -0.117. The molecule has 0 aliphatic rings. The van der Waals surface area contributed by atoms with Crippen LogP contribution in [-0.2, 0) is 11.3 Å². The van der Waals surface area contributed by atoms with Crippen molar-refractivity contribution in [3.8, 4) is 11.3 Å². The fourth-order valence-corrected chi connectivity index (χ4v) is 2.67. The van der Waals surface area contributed by atoms with Gasteiger partial charge in [-0.2, -0.15) is 5.10 Å². The van der Waals surface area contributed by atoms with Crippen molar-refractivity contribution in [3.05, 3.63) is 81.4 Å². The first kappa shape index (κ1) is 17.8. The Hall–Kier alpha value is -2.99. The van der Waals surface area contributed by atoms with Crippen molar-refractivity contribution in [1.29, 1.82) is 0 Å². The number of carbonyl (C=O) groups is 1. The molecule has 0 radical (unpaired) electrons. The van der Waals surface area contributed by atoms with Crippen LogP contribution in [0.2, 0.25) is 5.02 Å². The second kappa shape index (κ2) is 7.49. The molecule has 0 saturated heterocycles. The Kier molecular flexibility index (Phi) is 5.14. The Bertz CT molecular complexity index is 1020. The van der Waals surface area contributed by atoms with Crippen LogP contribution in [0.4, 0.5) is 10.1 Å². The molecular weight excluding hydrogens is 357 g/mol. The van der Waals surface area contributed by atoms with Crippen LogP contribution in [0.15, 0.2) is 59.4 Å². The average Bonchev–Trinajstić information content (AvgIpc) is 2.60. The molecule has 0 saturated carbocycles. The van der Waals surface area contributed by atoms with Gasteiger partial charge < -0.3 is 5.32 Å². The maximum absolute atomic E-state index is 13.0. The SMILES string of the molecule is Cc1ccc(NC(=O)Cn2nc(-c3ccc(F)cc3)ccc2=O)c(Cl)c1. The van der Waals surface area contributed by atoms with Crippen LogP contribution >= 0.6 is 11.6 Å². The molecule has 26 heavy (non-hydrogen) atoms. The van der Waals surface area contributed by atoms with Gasteiger partial charge in [-0.05, 0) is 55.0 Å². The highest BCUT2D eigenvalue weighted by atomic mass is 35.5. The van der Waals surface area contributed by atoms with Gasteiger partial charge in [0.05, 0.1) is 16.4 Å². The molecule has 0 aliphatic heterocycles. The number of anilines is 1. The lowest BCUT2D eigenvalue weighted by Gasteiger charge is -2.10. The first-order chi connectivity index (χ1) is 12.4. The maximum Gasteiger partial charge on any atom is 0.267 e. The minimum absolute atomic E-state index is 0.266. The van der Waals surface area contributed by atoms with Crippen LogP contribution in [0.3, 0.4) is 0 Å². The Morgan fingerprint density at radius 1 is 1.15 bits per heavy atom. The zero-order chi connectivity index (χ0) is 18.7. The first-order valence-corrected chi connectivity index (χ1v) is 8.20. The smallest absolute Gasteiger partial charge is 0.267 e. The summed E-state index contributed by atoms with van der Waals surface area (Å²) in [5, 5.41) is 7.25. The number of nitrogens with one attached hydrogen (secondary N) is 1. The van der Waals surface area contributed by atoms with Crippen molar-refractivity contribution in [3.63, 3.8) is 0 Å². The lowest BCUT2D eigenvalue weighted by Crippen LogP contribution is -2.29. The van der Waals surface area contributed by atoms with Gasteiger partial charge in [-0.25, -0.2) is 9.07 Å². The van der Waals surface area contributed by atoms with Gasteiger partial charge in [0.15, 0.2) is 0 Å². The molecule has 2 aromatic carbocycles. The third kappa shape index (κ3) is 4.15. The highest BCUT2D eigenvalue weighted by molar-refractivity contribution is 6.33. The number of aromatic nitrogens is 2. The van der Waals surface area contributed by atoms with Crippen LogP contribution in [0.5, 0.6) is 0 Å². The van der Waals surface area contributed by atoms with E-state index in [1.165, 1.54) is 24.3 Å². The fraction of sp³-hybridized carbons (Fsp3) is 0.105. The standard InChI is InChI=1S/C19H15ClFN3O2/c1-12-2-7-17(15(20)10-12)22-18(25)11-24-19(26)9-8-16(23-24)13-3-5-14(21)6-4-13/h2-10H,11H2,1H3,(H,22,25). The summed E-state index contributed by atoms with van der Waals surface area (Å²) in [6.07, 6.45) is 0. The molecular formula is C19H15ClFN3O2. The molecule has 3 rings (SSSR count). The van der Waals surface area contributed by atoms with Crippen molar-refractivity contribution < 1.29 is 9.18 Å². The third-order valence-electron chi connectivity index (χ3n) is 3.70. The molecule has 0 atom stereocenters.